The first-order valence-corrected chi connectivity index (χ1v) is 7.71. The third kappa shape index (κ3) is 3.82. The van der Waals surface area contributed by atoms with Crippen molar-refractivity contribution in [3.63, 3.8) is 0 Å². The smallest absolute Gasteiger partial charge is 0.271 e. The number of amides is 1. The minimum Gasteiger partial charge on any atom is -0.396 e. The average molecular weight is 279 g/mol. The summed E-state index contributed by atoms with van der Waals surface area (Å²) in [6, 6.07) is 1.90. The molecule has 1 fully saturated rings. The number of carbonyl (C=O) groups is 1. The normalized spacial score (nSPS) is 17.9. The molecule has 0 bridgehead atoms. The van der Waals surface area contributed by atoms with Crippen molar-refractivity contribution in [3.8, 4) is 0 Å². The number of nitrogens with one attached hydrogen (secondary N) is 2. The summed E-state index contributed by atoms with van der Waals surface area (Å²) in [7, 11) is 0. The summed E-state index contributed by atoms with van der Waals surface area (Å²) < 4.78 is 0. The number of rotatable bonds is 6. The number of aromatic nitrogens is 2. The van der Waals surface area contributed by atoms with E-state index < -0.39 is 0 Å². The SMILES string of the molecule is CCC(CCO)NC(=O)c1cc(C2CCCCC2)[nH]n1. The third-order valence-corrected chi connectivity index (χ3v) is 4.18. The van der Waals surface area contributed by atoms with E-state index in [9.17, 15) is 4.79 Å². The van der Waals surface area contributed by atoms with Gasteiger partial charge < -0.3 is 10.4 Å². The number of aromatic amines is 1. The first kappa shape index (κ1) is 15.0. The molecule has 5 nitrogen and oxygen atoms in total. The van der Waals surface area contributed by atoms with Crippen molar-refractivity contribution >= 4 is 5.91 Å². The highest BCUT2D eigenvalue weighted by atomic mass is 16.3. The molecule has 1 aromatic heterocycles. The molecule has 1 atom stereocenters. The van der Waals surface area contributed by atoms with Crippen molar-refractivity contribution in [2.45, 2.75) is 63.8 Å². The van der Waals surface area contributed by atoms with Gasteiger partial charge in [0.1, 0.15) is 5.69 Å². The summed E-state index contributed by atoms with van der Waals surface area (Å²) in [6.45, 7) is 2.09. The molecule has 0 saturated heterocycles. The lowest BCUT2D eigenvalue weighted by Crippen LogP contribution is -2.35. The predicted molar refractivity (Wildman–Crippen MR) is 77.7 cm³/mol. The lowest BCUT2D eigenvalue weighted by Gasteiger charge is -2.19. The maximum Gasteiger partial charge on any atom is 0.271 e. The maximum absolute atomic E-state index is 12.1. The number of aliphatic hydroxyl groups is 1. The zero-order chi connectivity index (χ0) is 14.4. The summed E-state index contributed by atoms with van der Waals surface area (Å²) in [4.78, 5) is 12.1. The van der Waals surface area contributed by atoms with Crippen molar-refractivity contribution in [1.82, 2.24) is 15.5 Å². The molecule has 0 spiro atoms. The maximum atomic E-state index is 12.1. The van der Waals surface area contributed by atoms with Gasteiger partial charge in [0.15, 0.2) is 0 Å². The standard InChI is InChI=1S/C15H25N3O2/c1-2-12(8-9-19)16-15(20)14-10-13(17-18-14)11-6-4-3-5-7-11/h10-12,19H,2-9H2,1H3,(H,16,20)(H,17,18). The minimum atomic E-state index is -0.149. The first-order chi connectivity index (χ1) is 9.74. The average Bonchev–Trinajstić information content (AvgIpc) is 2.97. The van der Waals surface area contributed by atoms with Crippen LogP contribution in [-0.4, -0.2) is 33.9 Å². The zero-order valence-corrected chi connectivity index (χ0v) is 12.2. The van der Waals surface area contributed by atoms with E-state index in [2.05, 4.69) is 15.5 Å². The highest BCUT2D eigenvalue weighted by molar-refractivity contribution is 5.92. The van der Waals surface area contributed by atoms with Crippen molar-refractivity contribution in [1.29, 1.82) is 0 Å². The van der Waals surface area contributed by atoms with Crippen molar-refractivity contribution < 1.29 is 9.90 Å². The molecule has 1 aromatic rings. The molecule has 20 heavy (non-hydrogen) atoms. The Hall–Kier alpha value is -1.36. The van der Waals surface area contributed by atoms with Crippen LogP contribution < -0.4 is 5.32 Å². The van der Waals surface area contributed by atoms with Crippen LogP contribution in [0.25, 0.3) is 0 Å². The second-order valence-corrected chi connectivity index (χ2v) is 5.63. The Morgan fingerprint density at radius 2 is 2.25 bits per heavy atom. The van der Waals surface area contributed by atoms with Gasteiger partial charge in [0.05, 0.1) is 0 Å². The quantitative estimate of drug-likeness (QED) is 0.748. The molecule has 5 heteroatoms. The number of aliphatic hydroxyl groups excluding tert-OH is 1. The number of nitrogens with zero attached hydrogens (tertiary/aromatic N) is 1. The van der Waals surface area contributed by atoms with E-state index >= 15 is 0 Å². The van der Waals surface area contributed by atoms with Gasteiger partial charge in [0, 0.05) is 24.3 Å². The van der Waals surface area contributed by atoms with E-state index in [4.69, 9.17) is 5.11 Å². The van der Waals surface area contributed by atoms with Gasteiger partial charge in [-0.1, -0.05) is 26.2 Å². The monoisotopic (exact) mass is 279 g/mol. The minimum absolute atomic E-state index is 0.0160. The highest BCUT2D eigenvalue weighted by Crippen LogP contribution is 2.31. The summed E-state index contributed by atoms with van der Waals surface area (Å²) in [5, 5.41) is 19.0. The summed E-state index contributed by atoms with van der Waals surface area (Å²) in [5.74, 6) is 0.376. The van der Waals surface area contributed by atoms with Crippen LogP contribution in [0.5, 0.6) is 0 Å². The molecule has 0 radical (unpaired) electrons. The van der Waals surface area contributed by atoms with E-state index in [1.165, 1.54) is 32.1 Å². The van der Waals surface area contributed by atoms with E-state index in [0.717, 1.165) is 12.1 Å². The number of hydrogen-bond acceptors (Lipinski definition) is 3. The van der Waals surface area contributed by atoms with Gasteiger partial charge in [-0.3, -0.25) is 9.89 Å². The summed E-state index contributed by atoms with van der Waals surface area (Å²) in [6.07, 6.45) is 7.61. The Morgan fingerprint density at radius 1 is 1.50 bits per heavy atom. The molecule has 1 saturated carbocycles. The first-order valence-electron chi connectivity index (χ1n) is 7.71. The number of carbonyl (C=O) groups excluding carboxylic acids is 1. The van der Waals surface area contributed by atoms with Crippen LogP contribution in [0.15, 0.2) is 6.07 Å². The number of hydrogen-bond donors (Lipinski definition) is 3. The molecule has 1 heterocycles. The van der Waals surface area contributed by atoms with Gasteiger partial charge in [-0.25, -0.2) is 0 Å². The molecule has 1 aliphatic rings. The molecule has 1 unspecified atom stereocenters. The second kappa shape index (κ2) is 7.43. The molecule has 2 rings (SSSR count). The third-order valence-electron chi connectivity index (χ3n) is 4.18. The van der Waals surface area contributed by atoms with Crippen LogP contribution in [0, 0.1) is 0 Å². The Labute approximate surface area is 120 Å². The van der Waals surface area contributed by atoms with Gasteiger partial charge >= 0.3 is 0 Å². The van der Waals surface area contributed by atoms with Gasteiger partial charge in [-0.15, -0.1) is 0 Å². The molecule has 0 aromatic carbocycles. The Morgan fingerprint density at radius 3 is 2.90 bits per heavy atom. The lowest BCUT2D eigenvalue weighted by molar-refractivity contribution is 0.0924. The van der Waals surface area contributed by atoms with Crippen LogP contribution in [0.2, 0.25) is 0 Å². The largest absolute Gasteiger partial charge is 0.396 e. The van der Waals surface area contributed by atoms with E-state index in [1.807, 2.05) is 13.0 Å². The zero-order valence-electron chi connectivity index (χ0n) is 12.2. The van der Waals surface area contributed by atoms with Gasteiger partial charge in [-0.05, 0) is 31.7 Å². The fraction of sp³-hybridized carbons (Fsp3) is 0.733. The topological polar surface area (TPSA) is 78.0 Å². The highest BCUT2D eigenvalue weighted by Gasteiger charge is 2.20. The number of H-pyrrole nitrogens is 1. The fourth-order valence-corrected chi connectivity index (χ4v) is 2.87. The van der Waals surface area contributed by atoms with E-state index in [0.29, 0.717) is 18.0 Å². The van der Waals surface area contributed by atoms with Gasteiger partial charge in [0.2, 0.25) is 0 Å². The summed E-state index contributed by atoms with van der Waals surface area (Å²) >= 11 is 0. The van der Waals surface area contributed by atoms with Crippen LogP contribution >= 0.6 is 0 Å². The molecule has 3 N–H and O–H groups in total. The fourth-order valence-electron chi connectivity index (χ4n) is 2.87. The lowest BCUT2D eigenvalue weighted by atomic mass is 9.87. The molecule has 0 aliphatic heterocycles. The van der Waals surface area contributed by atoms with Gasteiger partial charge in [0.25, 0.3) is 5.91 Å². The Kier molecular flexibility index (Phi) is 5.59. The van der Waals surface area contributed by atoms with Crippen molar-refractivity contribution in [2.75, 3.05) is 6.61 Å². The van der Waals surface area contributed by atoms with Crippen LogP contribution in [0.4, 0.5) is 0 Å². The van der Waals surface area contributed by atoms with Crippen molar-refractivity contribution in [3.05, 3.63) is 17.5 Å². The van der Waals surface area contributed by atoms with E-state index in [-0.39, 0.29) is 18.6 Å². The van der Waals surface area contributed by atoms with Crippen LogP contribution in [0.1, 0.15) is 74.0 Å². The van der Waals surface area contributed by atoms with Crippen molar-refractivity contribution in [2.24, 2.45) is 0 Å². The van der Waals surface area contributed by atoms with E-state index in [1.54, 1.807) is 0 Å². The Balaban J connectivity index is 1.95. The molecule has 1 amide bonds. The Bertz CT molecular complexity index is 425. The second-order valence-electron chi connectivity index (χ2n) is 5.63. The molecular formula is C15H25N3O2. The summed E-state index contributed by atoms with van der Waals surface area (Å²) in [5.41, 5.74) is 1.55. The van der Waals surface area contributed by atoms with Crippen LogP contribution in [-0.2, 0) is 0 Å². The van der Waals surface area contributed by atoms with Gasteiger partial charge in [-0.2, -0.15) is 5.10 Å². The predicted octanol–water partition coefficient (Wildman–Crippen LogP) is 2.35. The van der Waals surface area contributed by atoms with Crippen LogP contribution in [0.3, 0.4) is 0 Å². The molecule has 112 valence electrons. The molecule has 1 aliphatic carbocycles. The molecular weight excluding hydrogens is 254 g/mol.